The van der Waals surface area contributed by atoms with Gasteiger partial charge in [0.15, 0.2) is 0 Å². The van der Waals surface area contributed by atoms with Crippen LogP contribution in [0.3, 0.4) is 0 Å². The first-order valence-corrected chi connectivity index (χ1v) is 6.93. The van der Waals surface area contributed by atoms with Gasteiger partial charge in [0.1, 0.15) is 11.5 Å². The molecule has 3 rings (SSSR count). The summed E-state index contributed by atoms with van der Waals surface area (Å²) < 4.78 is 5.90. The fourth-order valence-electron chi connectivity index (χ4n) is 2.55. The molecule has 0 bridgehead atoms. The molecule has 1 aromatic carbocycles. The number of hydrogen-bond acceptors (Lipinski definition) is 3. The number of furan rings is 1. The van der Waals surface area contributed by atoms with Gasteiger partial charge in [0, 0.05) is 23.6 Å². The molecular formula is C17H18N2O. The van der Waals surface area contributed by atoms with Gasteiger partial charge in [0.05, 0.1) is 11.6 Å². The van der Waals surface area contributed by atoms with E-state index in [2.05, 4.69) is 41.5 Å². The smallest absolute Gasteiger partial charge is 0.125 e. The lowest BCUT2D eigenvalue weighted by Crippen LogP contribution is -2.17. The van der Waals surface area contributed by atoms with E-state index in [4.69, 9.17) is 4.42 Å². The highest BCUT2D eigenvalue weighted by atomic mass is 16.3. The van der Waals surface area contributed by atoms with Crippen molar-refractivity contribution in [2.75, 3.05) is 7.05 Å². The quantitative estimate of drug-likeness (QED) is 0.782. The lowest BCUT2D eigenvalue weighted by atomic mass is 10.0. The van der Waals surface area contributed by atoms with Crippen LogP contribution in [0, 0.1) is 0 Å². The maximum absolute atomic E-state index is 5.90. The molecule has 0 saturated carbocycles. The number of nitrogens with zero attached hydrogens (tertiary/aromatic N) is 1. The molecule has 0 aliphatic carbocycles. The monoisotopic (exact) mass is 266 g/mol. The van der Waals surface area contributed by atoms with Gasteiger partial charge in [-0.15, -0.1) is 0 Å². The van der Waals surface area contributed by atoms with Gasteiger partial charge in [-0.25, -0.2) is 0 Å². The molecule has 0 saturated heterocycles. The van der Waals surface area contributed by atoms with Crippen molar-refractivity contribution in [1.82, 2.24) is 10.3 Å². The third-order valence-electron chi connectivity index (χ3n) is 3.58. The predicted molar refractivity (Wildman–Crippen MR) is 80.7 cm³/mol. The van der Waals surface area contributed by atoms with Crippen LogP contribution < -0.4 is 5.32 Å². The van der Waals surface area contributed by atoms with Crippen molar-refractivity contribution < 1.29 is 4.42 Å². The summed E-state index contributed by atoms with van der Waals surface area (Å²) in [6, 6.07) is 14.4. The standard InChI is InChI=1S/C17H18N2O/c1-3-13-9-10-15(20-13)17(18-2)14-8-4-6-12-7-5-11-19-16(12)14/h4-11,17-18H,3H2,1-2H3. The first-order valence-electron chi connectivity index (χ1n) is 6.93. The first-order chi connectivity index (χ1) is 9.83. The highest BCUT2D eigenvalue weighted by Gasteiger charge is 2.18. The Labute approximate surface area is 118 Å². The zero-order chi connectivity index (χ0) is 13.9. The Morgan fingerprint density at radius 2 is 2.00 bits per heavy atom. The summed E-state index contributed by atoms with van der Waals surface area (Å²) in [6.45, 7) is 2.09. The Morgan fingerprint density at radius 3 is 2.75 bits per heavy atom. The average Bonchev–Trinajstić information content (AvgIpc) is 2.97. The summed E-state index contributed by atoms with van der Waals surface area (Å²) in [6.07, 6.45) is 2.74. The van der Waals surface area contributed by atoms with Gasteiger partial charge in [-0.2, -0.15) is 0 Å². The molecule has 3 aromatic rings. The van der Waals surface area contributed by atoms with Crippen molar-refractivity contribution in [2.24, 2.45) is 0 Å². The van der Waals surface area contributed by atoms with Crippen molar-refractivity contribution in [3.63, 3.8) is 0 Å². The van der Waals surface area contributed by atoms with Crippen LogP contribution in [0.1, 0.15) is 30.0 Å². The van der Waals surface area contributed by atoms with Gasteiger partial charge >= 0.3 is 0 Å². The molecule has 1 N–H and O–H groups in total. The van der Waals surface area contributed by atoms with E-state index in [0.29, 0.717) is 0 Å². The van der Waals surface area contributed by atoms with Crippen LogP contribution in [0.15, 0.2) is 53.1 Å². The first kappa shape index (κ1) is 12.9. The third kappa shape index (κ3) is 2.21. The molecule has 1 unspecified atom stereocenters. The Kier molecular flexibility index (Phi) is 3.52. The minimum Gasteiger partial charge on any atom is -0.464 e. The van der Waals surface area contributed by atoms with Crippen molar-refractivity contribution in [3.8, 4) is 0 Å². The molecule has 20 heavy (non-hydrogen) atoms. The Hall–Kier alpha value is -2.13. The minimum absolute atomic E-state index is 0.0221. The van der Waals surface area contributed by atoms with Gasteiger partial charge in [-0.1, -0.05) is 31.2 Å². The molecule has 0 aliphatic heterocycles. The Balaban J connectivity index is 2.11. The van der Waals surface area contributed by atoms with Crippen LogP contribution in [-0.4, -0.2) is 12.0 Å². The maximum atomic E-state index is 5.90. The SMILES string of the molecule is CCc1ccc(C(NC)c2cccc3cccnc23)o1. The van der Waals surface area contributed by atoms with E-state index >= 15 is 0 Å². The zero-order valence-electron chi connectivity index (χ0n) is 11.8. The fourth-order valence-corrected chi connectivity index (χ4v) is 2.55. The van der Waals surface area contributed by atoms with Gasteiger partial charge < -0.3 is 9.73 Å². The molecule has 102 valence electrons. The van der Waals surface area contributed by atoms with E-state index in [1.54, 1.807) is 0 Å². The van der Waals surface area contributed by atoms with E-state index in [1.165, 1.54) is 0 Å². The fraction of sp³-hybridized carbons (Fsp3) is 0.235. The van der Waals surface area contributed by atoms with Crippen molar-refractivity contribution in [2.45, 2.75) is 19.4 Å². The predicted octanol–water partition coefficient (Wildman–Crippen LogP) is 3.70. The number of aromatic nitrogens is 1. The molecule has 3 heteroatoms. The molecule has 0 spiro atoms. The number of hydrogen-bond donors (Lipinski definition) is 1. The molecule has 0 aliphatic rings. The second kappa shape index (κ2) is 5.47. The average molecular weight is 266 g/mol. The number of benzene rings is 1. The van der Waals surface area contributed by atoms with Crippen LogP contribution in [0.25, 0.3) is 10.9 Å². The number of pyridine rings is 1. The van der Waals surface area contributed by atoms with E-state index in [1.807, 2.05) is 31.4 Å². The minimum atomic E-state index is 0.0221. The summed E-state index contributed by atoms with van der Waals surface area (Å²) in [5, 5.41) is 4.48. The van der Waals surface area contributed by atoms with Gasteiger partial charge in [-0.3, -0.25) is 4.98 Å². The van der Waals surface area contributed by atoms with E-state index in [-0.39, 0.29) is 6.04 Å². The number of rotatable bonds is 4. The highest BCUT2D eigenvalue weighted by Crippen LogP contribution is 2.28. The number of nitrogens with one attached hydrogen (secondary N) is 1. The van der Waals surface area contributed by atoms with Crippen LogP contribution in [0.4, 0.5) is 0 Å². The largest absolute Gasteiger partial charge is 0.464 e. The third-order valence-corrected chi connectivity index (χ3v) is 3.58. The van der Waals surface area contributed by atoms with Crippen molar-refractivity contribution in [3.05, 3.63) is 65.7 Å². The normalized spacial score (nSPS) is 12.7. The van der Waals surface area contributed by atoms with E-state index in [0.717, 1.165) is 34.4 Å². The summed E-state index contributed by atoms with van der Waals surface area (Å²) in [5.41, 5.74) is 2.16. The summed E-state index contributed by atoms with van der Waals surface area (Å²) in [5.74, 6) is 1.94. The number of fused-ring (bicyclic) bond motifs is 1. The molecule has 3 nitrogen and oxygen atoms in total. The van der Waals surface area contributed by atoms with Crippen LogP contribution >= 0.6 is 0 Å². The van der Waals surface area contributed by atoms with Crippen LogP contribution in [0.2, 0.25) is 0 Å². The van der Waals surface area contributed by atoms with Crippen molar-refractivity contribution in [1.29, 1.82) is 0 Å². The number of para-hydroxylation sites is 1. The Bertz CT molecular complexity index is 712. The lowest BCUT2D eigenvalue weighted by molar-refractivity contribution is 0.434. The molecule has 0 amide bonds. The summed E-state index contributed by atoms with van der Waals surface area (Å²) in [4.78, 5) is 4.52. The summed E-state index contributed by atoms with van der Waals surface area (Å²) in [7, 11) is 1.95. The van der Waals surface area contributed by atoms with Gasteiger partial charge in [0.25, 0.3) is 0 Å². The number of aryl methyl sites for hydroxylation is 1. The van der Waals surface area contributed by atoms with Gasteiger partial charge in [-0.05, 0) is 25.2 Å². The molecule has 2 heterocycles. The van der Waals surface area contributed by atoms with E-state index in [9.17, 15) is 0 Å². The van der Waals surface area contributed by atoms with Gasteiger partial charge in [0.2, 0.25) is 0 Å². The highest BCUT2D eigenvalue weighted by molar-refractivity contribution is 5.82. The molecule has 0 fully saturated rings. The molecule has 0 radical (unpaired) electrons. The van der Waals surface area contributed by atoms with Crippen LogP contribution in [0.5, 0.6) is 0 Å². The topological polar surface area (TPSA) is 38.1 Å². The lowest BCUT2D eigenvalue weighted by Gasteiger charge is -2.16. The maximum Gasteiger partial charge on any atom is 0.125 e. The molecule has 1 atom stereocenters. The second-order valence-corrected chi connectivity index (χ2v) is 4.80. The zero-order valence-corrected chi connectivity index (χ0v) is 11.8. The Morgan fingerprint density at radius 1 is 1.15 bits per heavy atom. The van der Waals surface area contributed by atoms with Crippen molar-refractivity contribution >= 4 is 10.9 Å². The van der Waals surface area contributed by atoms with E-state index < -0.39 is 0 Å². The molecular weight excluding hydrogens is 248 g/mol. The van der Waals surface area contributed by atoms with Crippen LogP contribution in [-0.2, 0) is 6.42 Å². The summed E-state index contributed by atoms with van der Waals surface area (Å²) >= 11 is 0. The second-order valence-electron chi connectivity index (χ2n) is 4.80. The molecule has 2 aromatic heterocycles.